The summed E-state index contributed by atoms with van der Waals surface area (Å²) in [6, 6.07) is -0.386. The molecule has 5 rings (SSSR count). The molecular weight excluding hydrogens is 428 g/mol. The van der Waals surface area contributed by atoms with Gasteiger partial charge in [0.2, 0.25) is 11.8 Å². The van der Waals surface area contributed by atoms with Gasteiger partial charge in [-0.2, -0.15) is 0 Å². The fourth-order valence-corrected chi connectivity index (χ4v) is 6.99. The maximum atomic E-state index is 12.6. The number of hydrogen-bond donors (Lipinski definition) is 3. The largest absolute Gasteiger partial charge is 0.370 e. The first-order valence-electron chi connectivity index (χ1n) is 11.7. The van der Waals surface area contributed by atoms with E-state index in [-0.39, 0.29) is 35.6 Å². The molecule has 0 saturated heterocycles. The molecule has 4 saturated carbocycles. The summed E-state index contributed by atoms with van der Waals surface area (Å²) in [6.07, 6.45) is 7.65. The van der Waals surface area contributed by atoms with Crippen molar-refractivity contribution in [2.75, 3.05) is 5.75 Å². The van der Waals surface area contributed by atoms with Crippen molar-refractivity contribution >= 4 is 29.6 Å². The van der Waals surface area contributed by atoms with Crippen LogP contribution in [0.5, 0.6) is 0 Å². The second kappa shape index (κ2) is 9.41. The number of urea groups is 1. The lowest BCUT2D eigenvalue weighted by Gasteiger charge is -2.56. The van der Waals surface area contributed by atoms with Crippen LogP contribution in [0.2, 0.25) is 0 Å². The summed E-state index contributed by atoms with van der Waals surface area (Å²) in [5, 5.41) is 14.6. The molecule has 0 unspecified atom stereocenters. The van der Waals surface area contributed by atoms with E-state index in [9.17, 15) is 14.4 Å². The van der Waals surface area contributed by atoms with Gasteiger partial charge in [0.1, 0.15) is 5.82 Å². The van der Waals surface area contributed by atoms with Gasteiger partial charge in [-0.1, -0.05) is 25.6 Å². The molecule has 4 aliphatic carbocycles. The lowest BCUT2D eigenvalue weighted by atomic mass is 9.53. The van der Waals surface area contributed by atoms with Crippen LogP contribution in [0.25, 0.3) is 0 Å². The summed E-state index contributed by atoms with van der Waals surface area (Å²) in [7, 11) is 0. The van der Waals surface area contributed by atoms with Crippen molar-refractivity contribution in [3.63, 3.8) is 0 Å². The van der Waals surface area contributed by atoms with Crippen molar-refractivity contribution in [1.29, 1.82) is 0 Å². The number of thioether (sulfide) groups is 1. The molecule has 1 aromatic rings. The molecule has 0 aliphatic heterocycles. The monoisotopic (exact) mass is 462 g/mol. The summed E-state index contributed by atoms with van der Waals surface area (Å²) in [4.78, 5) is 36.2. The van der Waals surface area contributed by atoms with E-state index >= 15 is 0 Å². The number of carbonyl (C=O) groups is 3. The van der Waals surface area contributed by atoms with Crippen molar-refractivity contribution < 1.29 is 14.4 Å². The van der Waals surface area contributed by atoms with Crippen molar-refractivity contribution in [1.82, 2.24) is 25.4 Å². The molecule has 1 heterocycles. The summed E-state index contributed by atoms with van der Waals surface area (Å²) < 4.78 is 1.93. The zero-order valence-corrected chi connectivity index (χ0v) is 19.7. The van der Waals surface area contributed by atoms with Crippen LogP contribution >= 0.6 is 11.8 Å². The Balaban J connectivity index is 1.30. The van der Waals surface area contributed by atoms with Crippen LogP contribution in [-0.2, 0) is 22.6 Å². The van der Waals surface area contributed by atoms with Gasteiger partial charge in [0.15, 0.2) is 5.16 Å². The third-order valence-electron chi connectivity index (χ3n) is 6.94. The Morgan fingerprint density at radius 3 is 2.31 bits per heavy atom. The highest BCUT2D eigenvalue weighted by atomic mass is 32.2. The van der Waals surface area contributed by atoms with Gasteiger partial charge in [0, 0.05) is 24.9 Å². The van der Waals surface area contributed by atoms with E-state index in [1.54, 1.807) is 0 Å². The van der Waals surface area contributed by atoms with Crippen LogP contribution < -0.4 is 16.4 Å². The van der Waals surface area contributed by atoms with E-state index in [0.29, 0.717) is 29.9 Å². The van der Waals surface area contributed by atoms with Gasteiger partial charge in [-0.3, -0.25) is 14.9 Å². The zero-order chi connectivity index (χ0) is 22.9. The molecule has 0 atom stereocenters. The molecule has 9 nitrogen and oxygen atoms in total. The Bertz CT molecular complexity index is 848. The fourth-order valence-electron chi connectivity index (χ4n) is 6.22. The predicted octanol–water partition coefficient (Wildman–Crippen LogP) is 2.24. The first-order valence-corrected chi connectivity index (χ1v) is 12.6. The molecule has 0 radical (unpaired) electrons. The second-order valence-corrected chi connectivity index (χ2v) is 11.3. The van der Waals surface area contributed by atoms with Gasteiger partial charge in [0.05, 0.1) is 5.75 Å². The molecule has 4 aliphatic rings. The minimum atomic E-state index is -0.386. The van der Waals surface area contributed by atoms with Crippen LogP contribution in [-0.4, -0.2) is 43.9 Å². The Hall–Kier alpha value is -2.10. The van der Waals surface area contributed by atoms with Crippen molar-refractivity contribution in [3.05, 3.63) is 5.82 Å². The van der Waals surface area contributed by atoms with Crippen LogP contribution in [0.15, 0.2) is 5.16 Å². The number of nitrogens with two attached hydrogens (primary N) is 1. The maximum absolute atomic E-state index is 12.6. The number of amides is 4. The normalized spacial score (nSPS) is 28.2. The Morgan fingerprint density at radius 1 is 1.12 bits per heavy atom. The number of nitrogens with one attached hydrogen (secondary N) is 2. The summed E-state index contributed by atoms with van der Waals surface area (Å²) in [5.74, 6) is 2.53. The van der Waals surface area contributed by atoms with Crippen LogP contribution in [0, 0.1) is 23.7 Å². The number of rotatable bonds is 9. The predicted molar refractivity (Wildman–Crippen MR) is 121 cm³/mol. The minimum Gasteiger partial charge on any atom is -0.370 e. The minimum absolute atomic E-state index is 0.0698. The average Bonchev–Trinajstić information content (AvgIpc) is 3.04. The Morgan fingerprint density at radius 2 is 1.75 bits per heavy atom. The number of primary amides is 1. The molecule has 4 bridgehead atoms. The Labute approximate surface area is 193 Å². The number of aromatic nitrogens is 3. The average molecular weight is 463 g/mol. The standard InChI is InChI=1S/C22H34N6O3S/c1-13(2)11-28-18(4-3-17(23)29)26-27-21(28)32-12-19(30)24-20(31)25-22-8-14-5-15(9-22)7-16(6-14)10-22/h13-16H,3-12H2,1-2H3,(H2,23,29)(H2,24,25,30,31). The number of carbonyl (C=O) groups excluding carboxylic acids is 3. The molecular formula is C22H34N6O3S. The fraction of sp³-hybridized carbons (Fsp3) is 0.773. The number of imide groups is 1. The molecule has 176 valence electrons. The summed E-state index contributed by atoms with van der Waals surface area (Å²) in [6.45, 7) is 4.83. The topological polar surface area (TPSA) is 132 Å². The van der Waals surface area contributed by atoms with Crippen LogP contribution in [0.4, 0.5) is 4.79 Å². The van der Waals surface area contributed by atoms with E-state index in [1.165, 1.54) is 31.0 Å². The quantitative estimate of drug-likeness (QED) is 0.482. The van der Waals surface area contributed by atoms with Crippen LogP contribution in [0.3, 0.4) is 0 Å². The molecule has 0 spiro atoms. The van der Waals surface area contributed by atoms with Crippen molar-refractivity contribution in [2.24, 2.45) is 29.4 Å². The summed E-state index contributed by atoms with van der Waals surface area (Å²) >= 11 is 1.25. The first-order chi connectivity index (χ1) is 15.2. The van der Waals surface area contributed by atoms with Crippen LogP contribution in [0.1, 0.15) is 64.6 Å². The highest BCUT2D eigenvalue weighted by Gasteiger charge is 2.51. The SMILES string of the molecule is CC(C)Cn1c(CCC(N)=O)nnc1SCC(=O)NC(=O)NC12CC3CC(CC(C3)C1)C2. The van der Waals surface area contributed by atoms with E-state index in [4.69, 9.17) is 5.73 Å². The molecule has 4 N–H and O–H groups in total. The first kappa shape index (κ1) is 23.1. The number of aryl methyl sites for hydroxylation is 1. The molecule has 0 aromatic carbocycles. The highest BCUT2D eigenvalue weighted by Crippen LogP contribution is 2.55. The molecule has 4 amide bonds. The van der Waals surface area contributed by atoms with Gasteiger partial charge in [-0.15, -0.1) is 10.2 Å². The Kier molecular flexibility index (Phi) is 6.78. The molecule has 1 aromatic heterocycles. The van der Waals surface area contributed by atoms with E-state index in [1.807, 2.05) is 4.57 Å². The zero-order valence-electron chi connectivity index (χ0n) is 18.9. The van der Waals surface area contributed by atoms with E-state index < -0.39 is 0 Å². The highest BCUT2D eigenvalue weighted by molar-refractivity contribution is 7.99. The van der Waals surface area contributed by atoms with Gasteiger partial charge in [0.25, 0.3) is 0 Å². The maximum Gasteiger partial charge on any atom is 0.321 e. The van der Waals surface area contributed by atoms with E-state index in [0.717, 1.165) is 37.0 Å². The third-order valence-corrected chi connectivity index (χ3v) is 7.91. The smallest absolute Gasteiger partial charge is 0.321 e. The number of nitrogens with zero attached hydrogens (tertiary/aromatic N) is 3. The molecule has 4 fully saturated rings. The van der Waals surface area contributed by atoms with Gasteiger partial charge >= 0.3 is 6.03 Å². The molecule has 10 heteroatoms. The molecule has 32 heavy (non-hydrogen) atoms. The van der Waals surface area contributed by atoms with Crippen molar-refractivity contribution in [2.45, 2.75) is 82.5 Å². The summed E-state index contributed by atoms with van der Waals surface area (Å²) in [5.41, 5.74) is 5.13. The van der Waals surface area contributed by atoms with Crippen molar-refractivity contribution in [3.8, 4) is 0 Å². The second-order valence-electron chi connectivity index (χ2n) is 10.4. The number of hydrogen-bond acceptors (Lipinski definition) is 6. The van der Waals surface area contributed by atoms with Gasteiger partial charge in [-0.05, 0) is 62.2 Å². The lowest BCUT2D eigenvalue weighted by molar-refractivity contribution is -0.118. The van der Waals surface area contributed by atoms with Gasteiger partial charge in [-0.25, -0.2) is 4.79 Å². The third kappa shape index (κ3) is 5.44. The lowest BCUT2D eigenvalue weighted by Crippen LogP contribution is -2.61. The van der Waals surface area contributed by atoms with Gasteiger partial charge < -0.3 is 15.6 Å². The van der Waals surface area contributed by atoms with E-state index in [2.05, 4.69) is 34.7 Å².